The average Bonchev–Trinajstić information content (AvgIpc) is 2.58. The van der Waals surface area contributed by atoms with Gasteiger partial charge in [0, 0.05) is 12.1 Å². The van der Waals surface area contributed by atoms with Gasteiger partial charge in [-0.3, -0.25) is 0 Å². The monoisotopic (exact) mass is 179 g/mol. The van der Waals surface area contributed by atoms with Crippen LogP contribution in [0.4, 0.5) is 0 Å². The molecule has 0 spiro atoms. The van der Waals surface area contributed by atoms with E-state index in [0.29, 0.717) is 12.3 Å². The van der Waals surface area contributed by atoms with E-state index in [-0.39, 0.29) is 0 Å². The van der Waals surface area contributed by atoms with Crippen molar-refractivity contribution in [1.29, 1.82) is 0 Å². The Hall–Kier alpha value is -1.06. The smallest absolute Gasteiger partial charge is 0.123 e. The summed E-state index contributed by atoms with van der Waals surface area (Å²) < 4.78 is 0. The molecule has 0 heterocycles. The van der Waals surface area contributed by atoms with Crippen LogP contribution in [0.15, 0.2) is 12.1 Å². The highest BCUT2D eigenvalue weighted by Gasteiger charge is 2.16. The van der Waals surface area contributed by atoms with Gasteiger partial charge in [-0.05, 0) is 30.4 Å². The molecule has 2 rings (SSSR count). The second-order valence-corrected chi connectivity index (χ2v) is 3.40. The summed E-state index contributed by atoms with van der Waals surface area (Å²) in [6, 6.07) is 3.90. The van der Waals surface area contributed by atoms with E-state index >= 15 is 0 Å². The second-order valence-electron chi connectivity index (χ2n) is 3.40. The van der Waals surface area contributed by atoms with Gasteiger partial charge in [0.15, 0.2) is 0 Å². The molecule has 13 heavy (non-hydrogen) atoms. The minimum atomic E-state index is 0.305. The molecule has 0 aliphatic heterocycles. The summed E-state index contributed by atoms with van der Waals surface area (Å²) in [7, 11) is 0. The molecule has 0 saturated heterocycles. The van der Waals surface area contributed by atoms with Gasteiger partial charge < -0.3 is 10.3 Å². The topological polar surface area (TPSA) is 52.5 Å². The number of nitrogens with one attached hydrogen (secondary N) is 1. The number of phenols is 1. The van der Waals surface area contributed by atoms with Crippen molar-refractivity contribution in [1.82, 2.24) is 5.48 Å². The number of benzene rings is 1. The van der Waals surface area contributed by atoms with Crippen LogP contribution in [0.25, 0.3) is 0 Å². The first-order valence-corrected chi connectivity index (χ1v) is 4.52. The van der Waals surface area contributed by atoms with Crippen LogP contribution < -0.4 is 5.48 Å². The van der Waals surface area contributed by atoms with Gasteiger partial charge in [-0.1, -0.05) is 12.1 Å². The van der Waals surface area contributed by atoms with Gasteiger partial charge in [0.2, 0.25) is 0 Å². The maximum Gasteiger partial charge on any atom is 0.123 e. The number of rotatable bonds is 2. The van der Waals surface area contributed by atoms with Crippen LogP contribution in [0.5, 0.6) is 5.75 Å². The van der Waals surface area contributed by atoms with Crippen molar-refractivity contribution in [2.45, 2.75) is 25.8 Å². The quantitative estimate of drug-likeness (QED) is 0.601. The predicted molar refractivity (Wildman–Crippen MR) is 48.8 cm³/mol. The molecule has 3 nitrogen and oxygen atoms in total. The van der Waals surface area contributed by atoms with Crippen molar-refractivity contribution in [3.05, 3.63) is 28.8 Å². The van der Waals surface area contributed by atoms with Crippen LogP contribution >= 0.6 is 0 Å². The van der Waals surface area contributed by atoms with E-state index in [1.807, 2.05) is 12.1 Å². The van der Waals surface area contributed by atoms with E-state index in [4.69, 9.17) is 5.21 Å². The fraction of sp³-hybridized carbons (Fsp3) is 0.400. The number of aromatic hydroxyl groups is 1. The molecule has 0 unspecified atom stereocenters. The first-order valence-electron chi connectivity index (χ1n) is 4.52. The van der Waals surface area contributed by atoms with Crippen LogP contribution in [0.3, 0.4) is 0 Å². The number of hydroxylamine groups is 1. The number of aryl methyl sites for hydroxylation is 1. The Morgan fingerprint density at radius 2 is 2.15 bits per heavy atom. The molecule has 0 aromatic heterocycles. The zero-order chi connectivity index (χ0) is 9.26. The molecule has 0 radical (unpaired) electrons. The summed E-state index contributed by atoms with van der Waals surface area (Å²) in [5, 5.41) is 18.3. The highest BCUT2D eigenvalue weighted by molar-refractivity contribution is 5.47. The standard InChI is InChI=1S/C10H13NO2/c12-10-8(6-11-13)5-4-7-2-1-3-9(7)10/h4-5,11-13H,1-3,6H2. The predicted octanol–water partition coefficient (Wildman–Crippen LogP) is 1.36. The van der Waals surface area contributed by atoms with Crippen LogP contribution in [0.2, 0.25) is 0 Å². The Balaban J connectivity index is 2.40. The number of fused-ring (bicyclic) bond motifs is 1. The van der Waals surface area contributed by atoms with Crippen LogP contribution in [-0.2, 0) is 19.4 Å². The molecular weight excluding hydrogens is 166 g/mol. The average molecular weight is 179 g/mol. The van der Waals surface area contributed by atoms with E-state index in [1.54, 1.807) is 0 Å². The van der Waals surface area contributed by atoms with E-state index in [9.17, 15) is 5.11 Å². The highest BCUT2D eigenvalue weighted by atomic mass is 16.5. The van der Waals surface area contributed by atoms with Crippen molar-refractivity contribution >= 4 is 0 Å². The minimum absolute atomic E-state index is 0.305. The van der Waals surface area contributed by atoms with E-state index < -0.39 is 0 Å². The zero-order valence-corrected chi connectivity index (χ0v) is 7.38. The third-order valence-electron chi connectivity index (χ3n) is 2.61. The van der Waals surface area contributed by atoms with Crippen molar-refractivity contribution < 1.29 is 10.3 Å². The van der Waals surface area contributed by atoms with Crippen LogP contribution in [0.1, 0.15) is 23.1 Å². The maximum atomic E-state index is 9.79. The zero-order valence-electron chi connectivity index (χ0n) is 7.38. The van der Waals surface area contributed by atoms with Crippen molar-refractivity contribution in [3.63, 3.8) is 0 Å². The van der Waals surface area contributed by atoms with Gasteiger partial charge in [0.25, 0.3) is 0 Å². The van der Waals surface area contributed by atoms with Gasteiger partial charge in [-0.25, -0.2) is 5.48 Å². The van der Waals surface area contributed by atoms with Crippen molar-refractivity contribution in [2.75, 3.05) is 0 Å². The molecule has 1 aromatic rings. The summed E-state index contributed by atoms with van der Waals surface area (Å²) in [6.45, 7) is 0.305. The van der Waals surface area contributed by atoms with Gasteiger partial charge in [-0.15, -0.1) is 0 Å². The fourth-order valence-corrected chi connectivity index (χ4v) is 1.92. The molecule has 0 bridgehead atoms. The summed E-state index contributed by atoms with van der Waals surface area (Å²) in [5.41, 5.74) is 5.13. The molecule has 0 saturated carbocycles. The molecular formula is C10H13NO2. The van der Waals surface area contributed by atoms with Gasteiger partial charge in [0.05, 0.1) is 0 Å². The minimum Gasteiger partial charge on any atom is -0.507 e. The first kappa shape index (κ1) is 8.53. The molecule has 0 amide bonds. The number of hydrogen-bond acceptors (Lipinski definition) is 3. The largest absolute Gasteiger partial charge is 0.507 e. The Morgan fingerprint density at radius 1 is 1.31 bits per heavy atom. The molecule has 1 aliphatic rings. The second kappa shape index (κ2) is 3.36. The summed E-state index contributed by atoms with van der Waals surface area (Å²) >= 11 is 0. The van der Waals surface area contributed by atoms with Gasteiger partial charge in [0.1, 0.15) is 5.75 Å². The lowest BCUT2D eigenvalue weighted by Gasteiger charge is -2.07. The Morgan fingerprint density at radius 3 is 2.92 bits per heavy atom. The maximum absolute atomic E-state index is 9.79. The molecule has 1 aromatic carbocycles. The Bertz CT molecular complexity index is 323. The molecule has 3 heteroatoms. The van der Waals surface area contributed by atoms with Crippen LogP contribution in [0, 0.1) is 0 Å². The summed E-state index contributed by atoms with van der Waals surface area (Å²) in [5.74, 6) is 0.358. The van der Waals surface area contributed by atoms with E-state index in [2.05, 4.69) is 5.48 Å². The van der Waals surface area contributed by atoms with Crippen LogP contribution in [-0.4, -0.2) is 10.3 Å². The normalized spacial score (nSPS) is 14.5. The van der Waals surface area contributed by atoms with Crippen molar-refractivity contribution in [2.24, 2.45) is 0 Å². The fourth-order valence-electron chi connectivity index (χ4n) is 1.92. The third kappa shape index (κ3) is 1.41. The molecule has 3 N–H and O–H groups in total. The SMILES string of the molecule is ONCc1ccc2c(c1O)CCC2. The lowest BCUT2D eigenvalue weighted by molar-refractivity contribution is 0.160. The lowest BCUT2D eigenvalue weighted by Crippen LogP contribution is -2.06. The van der Waals surface area contributed by atoms with Gasteiger partial charge >= 0.3 is 0 Å². The van der Waals surface area contributed by atoms with E-state index in [0.717, 1.165) is 30.4 Å². The Labute approximate surface area is 77.0 Å². The molecule has 0 atom stereocenters. The lowest BCUT2D eigenvalue weighted by atomic mass is 10.0. The van der Waals surface area contributed by atoms with Gasteiger partial charge in [-0.2, -0.15) is 0 Å². The molecule has 0 fully saturated rings. The third-order valence-corrected chi connectivity index (χ3v) is 2.61. The Kier molecular flexibility index (Phi) is 2.20. The summed E-state index contributed by atoms with van der Waals surface area (Å²) in [6.07, 6.45) is 3.15. The highest BCUT2D eigenvalue weighted by Crippen LogP contribution is 2.32. The molecule has 1 aliphatic carbocycles. The first-order chi connectivity index (χ1) is 6.33. The molecule has 70 valence electrons. The summed E-state index contributed by atoms with van der Waals surface area (Å²) in [4.78, 5) is 0. The number of hydrogen-bond donors (Lipinski definition) is 3. The number of phenolic OH excluding ortho intramolecular Hbond substituents is 1. The van der Waals surface area contributed by atoms with E-state index in [1.165, 1.54) is 5.56 Å². The van der Waals surface area contributed by atoms with Crippen molar-refractivity contribution in [3.8, 4) is 5.75 Å².